The van der Waals surface area contributed by atoms with Crippen molar-refractivity contribution in [3.05, 3.63) is 47.7 Å². The maximum atomic E-state index is 13.1. The highest BCUT2D eigenvalue weighted by atomic mass is 32.2. The van der Waals surface area contributed by atoms with E-state index >= 15 is 0 Å². The Morgan fingerprint density at radius 2 is 1.94 bits per heavy atom. The van der Waals surface area contributed by atoms with Gasteiger partial charge in [-0.1, -0.05) is 12.1 Å². The molecule has 3 saturated carbocycles. The minimum Gasteiger partial charge on any atom is -0.307 e. The van der Waals surface area contributed by atoms with Gasteiger partial charge in [0.25, 0.3) is 5.91 Å². The molecular formula is C23H25N3O4S. The maximum Gasteiger partial charge on any atom is 0.257 e. The summed E-state index contributed by atoms with van der Waals surface area (Å²) in [5.74, 6) is 0.624. The van der Waals surface area contributed by atoms with Crippen LogP contribution in [0.4, 0.5) is 5.82 Å². The number of aromatic amines is 1. The van der Waals surface area contributed by atoms with Crippen LogP contribution in [-0.2, 0) is 19.4 Å². The van der Waals surface area contributed by atoms with Gasteiger partial charge in [-0.3, -0.25) is 14.7 Å². The minimum absolute atomic E-state index is 0.00858. The van der Waals surface area contributed by atoms with Gasteiger partial charge in [-0.15, -0.1) is 0 Å². The zero-order chi connectivity index (χ0) is 21.6. The third-order valence-corrected chi connectivity index (χ3v) is 8.62. The summed E-state index contributed by atoms with van der Waals surface area (Å²) < 4.78 is 25.9. The number of rotatable bonds is 7. The molecule has 0 saturated heterocycles. The van der Waals surface area contributed by atoms with Crippen molar-refractivity contribution >= 4 is 32.9 Å². The number of anilines is 1. The number of carbonyl (C=O) groups is 2. The first-order valence-corrected chi connectivity index (χ1v) is 12.4. The van der Waals surface area contributed by atoms with Gasteiger partial charge < -0.3 is 5.32 Å². The summed E-state index contributed by atoms with van der Waals surface area (Å²) in [4.78, 5) is 25.3. The summed E-state index contributed by atoms with van der Waals surface area (Å²) in [6.45, 7) is 0. The number of benzene rings is 1. The normalized spacial score (nSPS) is 22.0. The summed E-state index contributed by atoms with van der Waals surface area (Å²) in [6.07, 6.45) is 8.49. The lowest BCUT2D eigenvalue weighted by molar-refractivity contribution is -0.117. The Hall–Kier alpha value is -2.74. The van der Waals surface area contributed by atoms with Crippen LogP contribution in [-0.4, -0.2) is 35.6 Å². The fourth-order valence-electron chi connectivity index (χ4n) is 4.29. The molecule has 1 heterocycles. The fraction of sp³-hybridized carbons (Fsp3) is 0.435. The van der Waals surface area contributed by atoms with E-state index in [1.807, 2.05) is 12.1 Å². The predicted octanol–water partition coefficient (Wildman–Crippen LogP) is 3.61. The number of hydrogen-bond donors (Lipinski definition) is 2. The lowest BCUT2D eigenvalue weighted by Gasteiger charge is -2.15. The van der Waals surface area contributed by atoms with E-state index in [9.17, 15) is 18.0 Å². The standard InChI is InChI=1S/C23H25N3O4S/c27-17-5-1-14(11-17)12-20(23(28)25-22-9-10-24-26-22)16-4-8-21(19(13-16)15-2-3-15)31(29,30)18-6-7-18/h4,8-10,12-15,18H,1-3,5-7,11H2,(H2,24,25,26,28)/b20-12+/t14-/m0/s1. The van der Waals surface area contributed by atoms with Crippen LogP contribution in [0.5, 0.6) is 0 Å². The number of ketones is 1. The Bertz CT molecular complexity index is 1160. The highest BCUT2D eigenvalue weighted by Crippen LogP contribution is 2.46. The Morgan fingerprint density at radius 3 is 2.55 bits per heavy atom. The van der Waals surface area contributed by atoms with E-state index < -0.39 is 9.84 Å². The second kappa shape index (κ2) is 7.75. The van der Waals surface area contributed by atoms with Crippen molar-refractivity contribution in [3.8, 4) is 0 Å². The molecule has 0 bridgehead atoms. The monoisotopic (exact) mass is 439 g/mol. The number of carbonyl (C=O) groups excluding carboxylic acids is 2. The van der Waals surface area contributed by atoms with Crippen molar-refractivity contribution in [2.45, 2.75) is 61.0 Å². The molecule has 162 valence electrons. The number of Topliss-reactive ketones (excluding diaryl/α,β-unsaturated/α-hetero) is 1. The summed E-state index contributed by atoms with van der Waals surface area (Å²) in [7, 11) is -3.31. The number of allylic oxidation sites excluding steroid dienone is 1. The molecule has 2 aromatic rings. The molecule has 0 unspecified atom stereocenters. The largest absolute Gasteiger partial charge is 0.307 e. The lowest BCUT2D eigenvalue weighted by atomic mass is 9.95. The van der Waals surface area contributed by atoms with E-state index in [1.165, 1.54) is 0 Å². The molecule has 0 radical (unpaired) electrons. The van der Waals surface area contributed by atoms with Crippen LogP contribution in [0.3, 0.4) is 0 Å². The zero-order valence-electron chi connectivity index (χ0n) is 17.1. The Kier molecular flexibility index (Phi) is 5.04. The molecule has 31 heavy (non-hydrogen) atoms. The molecule has 3 aliphatic carbocycles. The Labute approximate surface area is 181 Å². The topological polar surface area (TPSA) is 109 Å². The molecule has 7 nitrogen and oxygen atoms in total. The molecule has 1 aromatic heterocycles. The molecule has 2 N–H and O–H groups in total. The quantitative estimate of drug-likeness (QED) is 0.641. The van der Waals surface area contributed by atoms with Crippen LogP contribution in [0.1, 0.15) is 62.0 Å². The summed E-state index contributed by atoms with van der Waals surface area (Å²) in [5.41, 5.74) is 1.98. The van der Waals surface area contributed by atoms with Gasteiger partial charge in [0.1, 0.15) is 11.6 Å². The summed E-state index contributed by atoms with van der Waals surface area (Å²) in [5, 5.41) is 9.13. The van der Waals surface area contributed by atoms with E-state index in [4.69, 9.17) is 0 Å². The van der Waals surface area contributed by atoms with Crippen molar-refractivity contribution < 1.29 is 18.0 Å². The molecule has 1 aromatic carbocycles. The number of H-pyrrole nitrogens is 1. The molecule has 3 fully saturated rings. The van der Waals surface area contributed by atoms with Gasteiger partial charge in [0, 0.05) is 24.5 Å². The van der Waals surface area contributed by atoms with Gasteiger partial charge in [-0.05, 0) is 67.2 Å². The molecular weight excluding hydrogens is 414 g/mol. The van der Waals surface area contributed by atoms with Crippen LogP contribution in [0.15, 0.2) is 41.4 Å². The van der Waals surface area contributed by atoms with Crippen LogP contribution in [0, 0.1) is 5.92 Å². The summed E-state index contributed by atoms with van der Waals surface area (Å²) >= 11 is 0. The molecule has 1 atom stereocenters. The van der Waals surface area contributed by atoms with E-state index in [0.717, 1.165) is 37.7 Å². The van der Waals surface area contributed by atoms with Gasteiger partial charge in [0.15, 0.2) is 9.84 Å². The molecule has 5 rings (SSSR count). The summed E-state index contributed by atoms with van der Waals surface area (Å²) in [6, 6.07) is 6.95. The van der Waals surface area contributed by atoms with E-state index in [2.05, 4.69) is 15.5 Å². The van der Waals surface area contributed by atoms with Crippen molar-refractivity contribution in [1.29, 1.82) is 0 Å². The van der Waals surface area contributed by atoms with Crippen molar-refractivity contribution in [2.75, 3.05) is 5.32 Å². The molecule has 0 spiro atoms. The van der Waals surface area contributed by atoms with Gasteiger partial charge in [0.05, 0.1) is 16.3 Å². The van der Waals surface area contributed by atoms with Crippen molar-refractivity contribution in [2.24, 2.45) is 5.92 Å². The highest BCUT2D eigenvalue weighted by Gasteiger charge is 2.40. The first-order valence-electron chi connectivity index (χ1n) is 10.8. The van der Waals surface area contributed by atoms with Crippen molar-refractivity contribution in [3.63, 3.8) is 0 Å². The maximum absolute atomic E-state index is 13.1. The first-order chi connectivity index (χ1) is 14.9. The third-order valence-electron chi connectivity index (χ3n) is 6.29. The predicted molar refractivity (Wildman–Crippen MR) is 116 cm³/mol. The molecule has 0 aliphatic heterocycles. The van der Waals surface area contributed by atoms with E-state index in [1.54, 1.807) is 24.4 Å². The number of aromatic nitrogens is 2. The number of nitrogens with one attached hydrogen (secondary N) is 2. The minimum atomic E-state index is -3.31. The van der Waals surface area contributed by atoms with E-state index in [-0.39, 0.29) is 28.8 Å². The number of sulfone groups is 1. The van der Waals surface area contributed by atoms with Crippen LogP contribution < -0.4 is 5.32 Å². The smallest absolute Gasteiger partial charge is 0.257 e. The Balaban J connectivity index is 1.53. The second-order valence-electron chi connectivity index (χ2n) is 8.82. The lowest BCUT2D eigenvalue weighted by Crippen LogP contribution is -2.16. The fourth-order valence-corrected chi connectivity index (χ4v) is 6.21. The molecule has 8 heteroatoms. The third kappa shape index (κ3) is 4.21. The van der Waals surface area contributed by atoms with Crippen molar-refractivity contribution in [1.82, 2.24) is 10.2 Å². The SMILES string of the molecule is O=C1CC[C@H](/C=C(/C(=O)Nc2ccn[nH]2)c2ccc(S(=O)(=O)C3CC3)c(C3CC3)c2)C1. The second-order valence-corrected chi connectivity index (χ2v) is 11.0. The van der Waals surface area contributed by atoms with Crippen LogP contribution in [0.25, 0.3) is 5.57 Å². The van der Waals surface area contributed by atoms with Gasteiger partial charge in [0.2, 0.25) is 0 Å². The average Bonchev–Trinajstić information content (AvgIpc) is 3.67. The van der Waals surface area contributed by atoms with Gasteiger partial charge >= 0.3 is 0 Å². The average molecular weight is 440 g/mol. The first kappa shape index (κ1) is 20.2. The van der Waals surface area contributed by atoms with Gasteiger partial charge in [-0.2, -0.15) is 5.10 Å². The van der Waals surface area contributed by atoms with Gasteiger partial charge in [-0.25, -0.2) is 8.42 Å². The van der Waals surface area contributed by atoms with Crippen LogP contribution in [0.2, 0.25) is 0 Å². The highest BCUT2D eigenvalue weighted by molar-refractivity contribution is 7.92. The molecule has 1 amide bonds. The number of amides is 1. The Morgan fingerprint density at radius 1 is 1.13 bits per heavy atom. The zero-order valence-corrected chi connectivity index (χ0v) is 18.0. The number of hydrogen-bond acceptors (Lipinski definition) is 5. The van der Waals surface area contributed by atoms with Crippen LogP contribution >= 0.6 is 0 Å². The molecule has 3 aliphatic rings. The number of nitrogens with zero attached hydrogens (tertiary/aromatic N) is 1. The van der Waals surface area contributed by atoms with E-state index in [0.29, 0.717) is 34.7 Å².